The molecule has 0 fully saturated rings. The Hall–Kier alpha value is -2.98. The van der Waals surface area contributed by atoms with Crippen molar-refractivity contribution >= 4 is 17.3 Å². The van der Waals surface area contributed by atoms with E-state index < -0.39 is 0 Å². The number of nitrogens with zero attached hydrogens (tertiary/aromatic N) is 3. The lowest BCUT2D eigenvalue weighted by molar-refractivity contribution is 0.755. The fourth-order valence-electron chi connectivity index (χ4n) is 3.39. The number of rotatable bonds is 2. The van der Waals surface area contributed by atoms with Crippen LogP contribution in [0.1, 0.15) is 17.3 Å². The number of anilines is 1. The first kappa shape index (κ1) is 14.4. The number of halogens is 1. The van der Waals surface area contributed by atoms with Gasteiger partial charge >= 0.3 is 0 Å². The zero-order valence-electron chi connectivity index (χ0n) is 13.3. The van der Waals surface area contributed by atoms with E-state index in [9.17, 15) is 0 Å². The lowest BCUT2D eigenvalue weighted by Gasteiger charge is -2.28. The Kier molecular flexibility index (Phi) is 3.18. The summed E-state index contributed by atoms with van der Waals surface area (Å²) in [6.45, 7) is 0. The van der Waals surface area contributed by atoms with Gasteiger partial charge in [-0.15, -0.1) is 0 Å². The highest BCUT2D eigenvalue weighted by atomic mass is 35.5. The van der Waals surface area contributed by atoms with E-state index in [1.807, 2.05) is 41.2 Å². The van der Waals surface area contributed by atoms with Crippen molar-refractivity contribution in [1.29, 1.82) is 0 Å². The van der Waals surface area contributed by atoms with E-state index in [1.54, 1.807) is 0 Å². The van der Waals surface area contributed by atoms with Crippen LogP contribution in [0.4, 0.5) is 5.69 Å². The van der Waals surface area contributed by atoms with Crippen LogP contribution in [-0.4, -0.2) is 14.3 Å². The normalized spacial score (nSPS) is 15.3. The fourth-order valence-corrected chi connectivity index (χ4v) is 3.52. The zero-order chi connectivity index (χ0) is 16.8. The van der Waals surface area contributed by atoms with E-state index in [4.69, 9.17) is 11.6 Å². The minimum atomic E-state index is 0.0631. The highest BCUT2D eigenvalue weighted by Crippen LogP contribution is 2.38. The highest BCUT2D eigenvalue weighted by Gasteiger charge is 2.28. The molecule has 0 aliphatic carbocycles. The molecule has 0 saturated heterocycles. The summed E-state index contributed by atoms with van der Waals surface area (Å²) in [5.41, 5.74) is 4.39. The first-order chi connectivity index (χ1) is 12.3. The van der Waals surface area contributed by atoms with E-state index >= 15 is 0 Å². The van der Waals surface area contributed by atoms with Gasteiger partial charge in [0.25, 0.3) is 0 Å². The molecule has 0 amide bonds. The summed E-state index contributed by atoms with van der Waals surface area (Å²) in [6, 6.07) is 22.4. The van der Waals surface area contributed by atoms with Crippen molar-refractivity contribution in [2.24, 2.45) is 0 Å². The van der Waals surface area contributed by atoms with Gasteiger partial charge in [-0.3, -0.25) is 0 Å². The summed E-state index contributed by atoms with van der Waals surface area (Å²) in [6.07, 6.45) is 3.97. The Morgan fingerprint density at radius 3 is 2.52 bits per heavy atom. The third-order valence-electron chi connectivity index (χ3n) is 4.55. The van der Waals surface area contributed by atoms with Crippen LogP contribution < -0.4 is 5.32 Å². The first-order valence-electron chi connectivity index (χ1n) is 8.14. The summed E-state index contributed by atoms with van der Waals surface area (Å²) < 4.78 is 4.16. The number of para-hydroxylation sites is 1. The minimum Gasteiger partial charge on any atom is -0.368 e. The second kappa shape index (κ2) is 5.53. The van der Waals surface area contributed by atoms with Crippen molar-refractivity contribution < 1.29 is 0 Å². The molecule has 1 aliphatic rings. The predicted octanol–water partition coefficient (Wildman–Crippen LogP) is 4.83. The van der Waals surface area contributed by atoms with Crippen molar-refractivity contribution in [3.8, 4) is 11.5 Å². The molecule has 4 nitrogen and oxygen atoms in total. The topological polar surface area (TPSA) is 34.8 Å². The van der Waals surface area contributed by atoms with Gasteiger partial charge in [0.15, 0.2) is 5.82 Å². The molecule has 4 aromatic rings. The molecule has 1 N–H and O–H groups in total. The molecular formula is C20H15ClN4. The fraction of sp³-hybridized carbons (Fsp3) is 0.0500. The molecule has 1 unspecified atom stereocenters. The van der Waals surface area contributed by atoms with Gasteiger partial charge in [0.05, 0.1) is 29.3 Å². The molecule has 122 valence electrons. The number of hydrogen-bond acceptors (Lipinski definition) is 2. The van der Waals surface area contributed by atoms with E-state index in [2.05, 4.69) is 57.6 Å². The molecular weight excluding hydrogens is 332 g/mol. The van der Waals surface area contributed by atoms with Gasteiger partial charge in [0.1, 0.15) is 0 Å². The molecule has 1 atom stereocenters. The molecule has 1 aliphatic heterocycles. The maximum atomic E-state index is 6.04. The molecule has 5 rings (SSSR count). The summed E-state index contributed by atoms with van der Waals surface area (Å²) in [7, 11) is 0. The van der Waals surface area contributed by atoms with Gasteiger partial charge in [-0.2, -0.15) is 5.10 Å². The third kappa shape index (κ3) is 2.26. The van der Waals surface area contributed by atoms with Crippen LogP contribution in [0.3, 0.4) is 0 Å². The van der Waals surface area contributed by atoms with Crippen LogP contribution in [0, 0.1) is 0 Å². The van der Waals surface area contributed by atoms with Crippen molar-refractivity contribution in [2.45, 2.75) is 6.04 Å². The quantitative estimate of drug-likeness (QED) is 0.564. The van der Waals surface area contributed by atoms with Crippen LogP contribution in [0.2, 0.25) is 5.02 Å². The number of aromatic nitrogens is 3. The minimum absolute atomic E-state index is 0.0631. The van der Waals surface area contributed by atoms with Gasteiger partial charge in [0, 0.05) is 11.2 Å². The number of fused-ring (bicyclic) bond motifs is 3. The van der Waals surface area contributed by atoms with Gasteiger partial charge in [-0.25, -0.2) is 4.68 Å². The average Bonchev–Trinajstić information content (AvgIpc) is 3.29. The van der Waals surface area contributed by atoms with Gasteiger partial charge in [0.2, 0.25) is 0 Å². The monoisotopic (exact) mass is 346 g/mol. The van der Waals surface area contributed by atoms with Gasteiger partial charge < -0.3 is 9.88 Å². The second-order valence-corrected chi connectivity index (χ2v) is 6.50. The summed E-state index contributed by atoms with van der Waals surface area (Å²) >= 11 is 6.04. The molecule has 25 heavy (non-hydrogen) atoms. The predicted molar refractivity (Wildman–Crippen MR) is 99.8 cm³/mol. The summed E-state index contributed by atoms with van der Waals surface area (Å²) in [5.74, 6) is 1.02. The molecule has 0 bridgehead atoms. The molecule has 3 heterocycles. The Morgan fingerprint density at radius 1 is 0.920 bits per heavy atom. The Labute approximate surface area is 150 Å². The molecule has 2 aromatic carbocycles. The van der Waals surface area contributed by atoms with Crippen molar-refractivity contribution in [2.75, 3.05) is 5.32 Å². The van der Waals surface area contributed by atoms with Crippen molar-refractivity contribution in [3.63, 3.8) is 0 Å². The molecule has 5 heteroatoms. The highest BCUT2D eigenvalue weighted by molar-refractivity contribution is 6.30. The number of benzene rings is 2. The number of hydrogen-bond donors (Lipinski definition) is 1. The Balaban J connectivity index is 1.65. The number of nitrogens with one attached hydrogen (secondary N) is 1. The van der Waals surface area contributed by atoms with Crippen LogP contribution in [0.25, 0.3) is 11.5 Å². The maximum Gasteiger partial charge on any atom is 0.164 e. The standard InChI is InChI=1S/C20H15ClN4/c21-15-10-8-14(9-11-15)19-18-7-4-12-24(18)20-17(23-19)13-22-25(20)16-5-2-1-3-6-16/h1-13,19,23H. The first-order valence-corrected chi connectivity index (χ1v) is 8.52. The molecule has 0 radical (unpaired) electrons. The van der Waals surface area contributed by atoms with Crippen molar-refractivity contribution in [1.82, 2.24) is 14.3 Å². The van der Waals surface area contributed by atoms with Crippen LogP contribution in [0.5, 0.6) is 0 Å². The van der Waals surface area contributed by atoms with Crippen LogP contribution in [0.15, 0.2) is 79.1 Å². The second-order valence-electron chi connectivity index (χ2n) is 6.06. The Morgan fingerprint density at radius 2 is 1.72 bits per heavy atom. The average molecular weight is 347 g/mol. The van der Waals surface area contributed by atoms with Gasteiger partial charge in [-0.1, -0.05) is 41.9 Å². The lowest BCUT2D eigenvalue weighted by atomic mass is 10.0. The Bertz CT molecular complexity index is 1030. The van der Waals surface area contributed by atoms with Crippen LogP contribution >= 0.6 is 11.6 Å². The van der Waals surface area contributed by atoms with Gasteiger partial charge in [-0.05, 0) is 42.0 Å². The van der Waals surface area contributed by atoms with Crippen molar-refractivity contribution in [3.05, 3.63) is 95.4 Å². The smallest absolute Gasteiger partial charge is 0.164 e. The molecule has 0 saturated carbocycles. The summed E-state index contributed by atoms with van der Waals surface area (Å²) in [5, 5.41) is 8.96. The van der Waals surface area contributed by atoms with E-state index in [0.29, 0.717) is 0 Å². The molecule has 0 spiro atoms. The van der Waals surface area contributed by atoms with E-state index in [-0.39, 0.29) is 6.04 Å². The molecule has 2 aromatic heterocycles. The maximum absolute atomic E-state index is 6.04. The lowest BCUT2D eigenvalue weighted by Crippen LogP contribution is -2.23. The zero-order valence-corrected chi connectivity index (χ0v) is 14.1. The van der Waals surface area contributed by atoms with E-state index in [1.165, 1.54) is 11.3 Å². The van der Waals surface area contributed by atoms with E-state index in [0.717, 1.165) is 22.2 Å². The SMILES string of the molecule is Clc1ccc(C2Nc3cnn(-c4ccccc4)c3-n3cccc32)cc1. The van der Waals surface area contributed by atoms with Crippen LogP contribution in [-0.2, 0) is 0 Å². The largest absolute Gasteiger partial charge is 0.368 e. The third-order valence-corrected chi connectivity index (χ3v) is 4.80. The summed E-state index contributed by atoms with van der Waals surface area (Å²) in [4.78, 5) is 0.